The number of carbonyl (C=O) groups excluding carboxylic acids is 1. The van der Waals surface area contributed by atoms with Crippen molar-refractivity contribution in [2.24, 2.45) is 0 Å². The van der Waals surface area contributed by atoms with E-state index in [1.54, 1.807) is 18.2 Å². The summed E-state index contributed by atoms with van der Waals surface area (Å²) >= 11 is 6.14. The number of rotatable bonds is 6. The van der Waals surface area contributed by atoms with E-state index in [-0.39, 0.29) is 23.0 Å². The molecule has 0 saturated carbocycles. The van der Waals surface area contributed by atoms with Crippen LogP contribution in [-0.4, -0.2) is 46.4 Å². The first kappa shape index (κ1) is 21.8. The van der Waals surface area contributed by atoms with Gasteiger partial charge >= 0.3 is 0 Å². The van der Waals surface area contributed by atoms with Crippen LogP contribution in [0.2, 0.25) is 5.02 Å². The quantitative estimate of drug-likeness (QED) is 0.697. The number of hydrogen-bond acceptors (Lipinski definition) is 6. The van der Waals surface area contributed by atoms with Crippen LogP contribution in [0.5, 0.6) is 11.5 Å². The van der Waals surface area contributed by atoms with E-state index in [1.165, 1.54) is 18.6 Å². The van der Waals surface area contributed by atoms with Crippen LogP contribution in [0, 0.1) is 0 Å². The first-order valence-electron chi connectivity index (χ1n) is 10.4. The van der Waals surface area contributed by atoms with Crippen molar-refractivity contribution in [2.45, 2.75) is 30.6 Å². The summed E-state index contributed by atoms with van der Waals surface area (Å²) in [5.74, 6) is 0.246. The maximum atomic E-state index is 12.7. The molecule has 0 aliphatic carbocycles. The number of nitrogens with zero attached hydrogens (tertiary/aromatic N) is 1. The van der Waals surface area contributed by atoms with Crippen LogP contribution >= 0.6 is 11.6 Å². The van der Waals surface area contributed by atoms with Crippen LogP contribution in [0.25, 0.3) is 0 Å². The summed E-state index contributed by atoms with van der Waals surface area (Å²) in [5.41, 5.74) is 1.52. The number of amides is 1. The van der Waals surface area contributed by atoms with Crippen molar-refractivity contribution in [1.29, 1.82) is 0 Å². The van der Waals surface area contributed by atoms with E-state index in [2.05, 4.69) is 10.2 Å². The molecule has 1 amide bonds. The summed E-state index contributed by atoms with van der Waals surface area (Å²) in [6.07, 6.45) is 3.24. The maximum Gasteiger partial charge on any atom is 0.225 e. The smallest absolute Gasteiger partial charge is 0.225 e. The molecule has 2 aromatic rings. The standard InChI is InChI=1S/C22H25ClN2O5S/c23-16-4-6-19(25-9-2-1-3-10-25)18(14-16)24-22(26)8-13-31(27,28)17-5-7-20-21(15-17)30-12-11-29-20/h4-7,14-15H,1-3,8-13H2,(H,24,26). The maximum absolute atomic E-state index is 12.7. The molecule has 2 aliphatic rings. The second kappa shape index (κ2) is 9.36. The predicted octanol–water partition coefficient (Wildman–Crippen LogP) is 3.90. The van der Waals surface area contributed by atoms with E-state index in [0.717, 1.165) is 31.6 Å². The summed E-state index contributed by atoms with van der Waals surface area (Å²) in [4.78, 5) is 14.9. The molecule has 9 heteroatoms. The fraction of sp³-hybridized carbons (Fsp3) is 0.409. The highest BCUT2D eigenvalue weighted by atomic mass is 35.5. The molecular formula is C22H25ClN2O5S. The summed E-state index contributed by atoms with van der Waals surface area (Å²) in [6, 6.07) is 9.92. The average molecular weight is 465 g/mol. The van der Waals surface area contributed by atoms with Gasteiger partial charge in [0, 0.05) is 30.6 Å². The number of hydrogen-bond donors (Lipinski definition) is 1. The predicted molar refractivity (Wildman–Crippen MR) is 120 cm³/mol. The summed E-state index contributed by atoms with van der Waals surface area (Å²) in [6.45, 7) is 2.64. The molecule has 0 radical (unpaired) electrons. The minimum atomic E-state index is -3.65. The molecule has 2 heterocycles. The molecule has 166 valence electrons. The Morgan fingerprint density at radius 1 is 1.00 bits per heavy atom. The van der Waals surface area contributed by atoms with Crippen molar-refractivity contribution in [1.82, 2.24) is 0 Å². The lowest BCUT2D eigenvalue weighted by Crippen LogP contribution is -2.30. The number of sulfone groups is 1. The van der Waals surface area contributed by atoms with Crippen LogP contribution in [0.15, 0.2) is 41.3 Å². The highest BCUT2D eigenvalue weighted by Gasteiger charge is 2.22. The molecule has 1 fully saturated rings. The Morgan fingerprint density at radius 3 is 2.52 bits per heavy atom. The van der Waals surface area contributed by atoms with Crippen molar-refractivity contribution in [2.75, 3.05) is 42.3 Å². The monoisotopic (exact) mass is 464 g/mol. The number of anilines is 2. The molecule has 31 heavy (non-hydrogen) atoms. The van der Waals surface area contributed by atoms with Gasteiger partial charge in [-0.2, -0.15) is 0 Å². The molecule has 4 rings (SSSR count). The third-order valence-corrected chi connectivity index (χ3v) is 7.35. The van der Waals surface area contributed by atoms with Gasteiger partial charge in [0.25, 0.3) is 0 Å². The van der Waals surface area contributed by atoms with E-state index < -0.39 is 9.84 Å². The number of piperidine rings is 1. The molecule has 2 aromatic carbocycles. The van der Waals surface area contributed by atoms with Crippen LogP contribution < -0.4 is 19.7 Å². The second-order valence-corrected chi connectivity index (χ2v) is 10.2. The Kier molecular flexibility index (Phi) is 6.57. The van der Waals surface area contributed by atoms with E-state index in [4.69, 9.17) is 21.1 Å². The Hall–Kier alpha value is -2.45. The fourth-order valence-corrected chi connectivity index (χ4v) is 5.22. The van der Waals surface area contributed by atoms with Crippen molar-refractivity contribution in [3.05, 3.63) is 41.4 Å². The summed E-state index contributed by atoms with van der Waals surface area (Å²) in [5, 5.41) is 3.36. The van der Waals surface area contributed by atoms with E-state index in [1.807, 2.05) is 6.07 Å². The van der Waals surface area contributed by atoms with Crippen LogP contribution in [-0.2, 0) is 14.6 Å². The zero-order chi connectivity index (χ0) is 21.8. The molecule has 0 atom stereocenters. The highest BCUT2D eigenvalue weighted by Crippen LogP contribution is 2.33. The van der Waals surface area contributed by atoms with Crippen LogP contribution in [0.1, 0.15) is 25.7 Å². The lowest BCUT2D eigenvalue weighted by Gasteiger charge is -2.30. The third kappa shape index (κ3) is 5.25. The zero-order valence-corrected chi connectivity index (χ0v) is 18.7. The molecule has 0 unspecified atom stereocenters. The van der Waals surface area contributed by atoms with Gasteiger partial charge in [0.2, 0.25) is 5.91 Å². The second-order valence-electron chi connectivity index (χ2n) is 7.63. The van der Waals surface area contributed by atoms with E-state index >= 15 is 0 Å². The summed E-state index contributed by atoms with van der Waals surface area (Å²) in [7, 11) is -3.65. The Bertz CT molecular complexity index is 1070. The summed E-state index contributed by atoms with van der Waals surface area (Å²) < 4.78 is 36.4. The van der Waals surface area contributed by atoms with Crippen molar-refractivity contribution in [3.63, 3.8) is 0 Å². The van der Waals surface area contributed by atoms with Gasteiger partial charge in [-0.3, -0.25) is 4.79 Å². The van der Waals surface area contributed by atoms with Crippen molar-refractivity contribution >= 4 is 38.7 Å². The number of halogens is 1. The Morgan fingerprint density at radius 2 is 1.74 bits per heavy atom. The minimum Gasteiger partial charge on any atom is -0.486 e. The number of nitrogens with one attached hydrogen (secondary N) is 1. The molecule has 1 saturated heterocycles. The number of ether oxygens (including phenoxy) is 2. The molecule has 2 aliphatic heterocycles. The largest absolute Gasteiger partial charge is 0.486 e. The van der Waals surface area contributed by atoms with Gasteiger partial charge in [0.1, 0.15) is 13.2 Å². The van der Waals surface area contributed by atoms with Crippen molar-refractivity contribution < 1.29 is 22.7 Å². The van der Waals surface area contributed by atoms with Crippen molar-refractivity contribution in [3.8, 4) is 11.5 Å². The topological polar surface area (TPSA) is 84.9 Å². The van der Waals surface area contributed by atoms with Crippen LogP contribution in [0.4, 0.5) is 11.4 Å². The SMILES string of the molecule is O=C(CCS(=O)(=O)c1ccc2c(c1)OCCO2)Nc1cc(Cl)ccc1N1CCCCC1. The Balaban J connectivity index is 1.43. The molecule has 0 aromatic heterocycles. The van der Waals surface area contributed by atoms with Gasteiger partial charge in [-0.15, -0.1) is 0 Å². The highest BCUT2D eigenvalue weighted by molar-refractivity contribution is 7.91. The molecule has 0 bridgehead atoms. The lowest BCUT2D eigenvalue weighted by molar-refractivity contribution is -0.115. The molecule has 7 nitrogen and oxygen atoms in total. The average Bonchev–Trinajstić information content (AvgIpc) is 2.78. The van der Waals surface area contributed by atoms with E-state index in [0.29, 0.717) is 35.4 Å². The zero-order valence-electron chi connectivity index (χ0n) is 17.1. The first-order valence-corrected chi connectivity index (χ1v) is 12.4. The number of carbonyl (C=O) groups is 1. The van der Waals surface area contributed by atoms with E-state index in [9.17, 15) is 13.2 Å². The first-order chi connectivity index (χ1) is 14.9. The number of fused-ring (bicyclic) bond motifs is 1. The normalized spacial score (nSPS) is 16.1. The minimum absolute atomic E-state index is 0.112. The van der Waals surface area contributed by atoms with Gasteiger partial charge in [-0.1, -0.05) is 11.6 Å². The molecule has 0 spiro atoms. The number of benzene rings is 2. The van der Waals surface area contributed by atoms with Gasteiger partial charge in [0.05, 0.1) is 22.0 Å². The molecule has 1 N–H and O–H groups in total. The fourth-order valence-electron chi connectivity index (χ4n) is 3.79. The molecular weight excluding hydrogens is 440 g/mol. The van der Waals surface area contributed by atoms with Crippen LogP contribution in [0.3, 0.4) is 0 Å². The Labute approximate surface area is 187 Å². The third-order valence-electron chi connectivity index (χ3n) is 5.40. The van der Waals surface area contributed by atoms with Gasteiger partial charge in [-0.25, -0.2) is 8.42 Å². The van der Waals surface area contributed by atoms with Gasteiger partial charge in [0.15, 0.2) is 21.3 Å². The van der Waals surface area contributed by atoms with Gasteiger partial charge < -0.3 is 19.7 Å². The van der Waals surface area contributed by atoms with Gasteiger partial charge in [-0.05, 0) is 49.6 Å². The lowest BCUT2D eigenvalue weighted by atomic mass is 10.1.